The summed E-state index contributed by atoms with van der Waals surface area (Å²) < 4.78 is 0. The number of benzene rings is 2. The lowest BCUT2D eigenvalue weighted by molar-refractivity contribution is -0.136. The number of rotatable bonds is 2. The molecule has 1 fully saturated rings. The van der Waals surface area contributed by atoms with Gasteiger partial charge in [0.25, 0.3) is 5.91 Å². The summed E-state index contributed by atoms with van der Waals surface area (Å²) in [7, 11) is 0. The molecule has 2 amide bonds. The van der Waals surface area contributed by atoms with Gasteiger partial charge < -0.3 is 0 Å². The zero-order chi connectivity index (χ0) is 18.5. The number of amides is 2. The quantitative estimate of drug-likeness (QED) is 0.793. The van der Waals surface area contributed by atoms with Gasteiger partial charge in [-0.3, -0.25) is 19.9 Å². The van der Waals surface area contributed by atoms with Crippen molar-refractivity contribution in [3.8, 4) is 0 Å². The molecule has 26 heavy (non-hydrogen) atoms. The highest BCUT2D eigenvalue weighted by Crippen LogP contribution is 2.39. The molecule has 2 aromatic rings. The zero-order valence-electron chi connectivity index (χ0n) is 13.8. The Bertz CT molecular complexity index is 956. The maximum Gasteiger partial charge on any atom is 0.273 e. The first-order chi connectivity index (χ1) is 12.4. The van der Waals surface area contributed by atoms with Gasteiger partial charge in [-0.1, -0.05) is 40.9 Å². The Morgan fingerprint density at radius 2 is 1.85 bits per heavy atom. The van der Waals surface area contributed by atoms with Crippen molar-refractivity contribution < 1.29 is 14.4 Å². The SMILES string of the molecule is Cc1ccc(N2C(=O)C[C@@]3(C=C(c4ccc(Cl)cc4Cl)NO3)C2=O)cc1. The molecule has 1 N–H and O–H groups in total. The highest BCUT2D eigenvalue weighted by atomic mass is 35.5. The lowest BCUT2D eigenvalue weighted by Crippen LogP contribution is -2.40. The number of aryl methyl sites for hydroxylation is 1. The minimum absolute atomic E-state index is 0.0819. The van der Waals surface area contributed by atoms with Crippen LogP contribution >= 0.6 is 23.2 Å². The van der Waals surface area contributed by atoms with Gasteiger partial charge >= 0.3 is 0 Å². The second kappa shape index (κ2) is 6.13. The number of halogens is 2. The van der Waals surface area contributed by atoms with E-state index in [0.717, 1.165) is 10.5 Å². The van der Waals surface area contributed by atoms with Crippen molar-refractivity contribution in [2.24, 2.45) is 0 Å². The minimum Gasteiger partial charge on any atom is -0.274 e. The summed E-state index contributed by atoms with van der Waals surface area (Å²) in [6.45, 7) is 1.94. The predicted octanol–water partition coefficient (Wildman–Crippen LogP) is 3.88. The van der Waals surface area contributed by atoms with Crippen LogP contribution < -0.4 is 10.4 Å². The summed E-state index contributed by atoms with van der Waals surface area (Å²) in [5, 5.41) is 0.926. The molecular weight excluding hydrogens is 375 g/mol. The average Bonchev–Trinajstić information content (AvgIpc) is 3.11. The lowest BCUT2D eigenvalue weighted by Gasteiger charge is -2.18. The molecule has 0 saturated carbocycles. The van der Waals surface area contributed by atoms with E-state index in [2.05, 4.69) is 5.48 Å². The number of hydrogen-bond acceptors (Lipinski definition) is 4. The van der Waals surface area contributed by atoms with Gasteiger partial charge in [0.2, 0.25) is 11.5 Å². The number of nitrogens with zero attached hydrogens (tertiary/aromatic N) is 1. The van der Waals surface area contributed by atoms with E-state index in [4.69, 9.17) is 28.0 Å². The maximum absolute atomic E-state index is 13.0. The van der Waals surface area contributed by atoms with Gasteiger partial charge in [0.1, 0.15) is 0 Å². The molecule has 2 aromatic carbocycles. The summed E-state index contributed by atoms with van der Waals surface area (Å²) >= 11 is 12.1. The third-order valence-electron chi connectivity index (χ3n) is 4.46. The molecule has 2 aliphatic rings. The predicted molar refractivity (Wildman–Crippen MR) is 99.7 cm³/mol. The normalized spacial score (nSPS) is 22.1. The van der Waals surface area contributed by atoms with Gasteiger partial charge in [-0.25, -0.2) is 4.90 Å². The maximum atomic E-state index is 13.0. The van der Waals surface area contributed by atoms with Crippen molar-refractivity contribution in [1.82, 2.24) is 5.48 Å². The van der Waals surface area contributed by atoms with Crippen molar-refractivity contribution in [1.29, 1.82) is 0 Å². The van der Waals surface area contributed by atoms with Crippen LogP contribution in [0.5, 0.6) is 0 Å². The summed E-state index contributed by atoms with van der Waals surface area (Å²) in [5.41, 5.74) is 4.09. The van der Waals surface area contributed by atoms with Crippen molar-refractivity contribution in [2.45, 2.75) is 18.9 Å². The number of nitrogens with one attached hydrogen (secondary N) is 1. The second-order valence-electron chi connectivity index (χ2n) is 6.32. The molecule has 1 saturated heterocycles. The smallest absolute Gasteiger partial charge is 0.273 e. The van der Waals surface area contributed by atoms with Gasteiger partial charge in [-0.2, -0.15) is 0 Å². The third kappa shape index (κ3) is 2.69. The van der Waals surface area contributed by atoms with Crippen molar-refractivity contribution in [3.63, 3.8) is 0 Å². The van der Waals surface area contributed by atoms with Crippen LogP contribution in [0, 0.1) is 6.92 Å². The largest absolute Gasteiger partial charge is 0.274 e. The molecule has 0 unspecified atom stereocenters. The third-order valence-corrected chi connectivity index (χ3v) is 5.01. The summed E-state index contributed by atoms with van der Waals surface area (Å²) in [4.78, 5) is 32.2. The molecule has 0 aliphatic carbocycles. The number of anilines is 1. The fraction of sp³-hybridized carbons (Fsp3) is 0.158. The van der Waals surface area contributed by atoms with E-state index in [0.29, 0.717) is 27.0 Å². The highest BCUT2D eigenvalue weighted by molar-refractivity contribution is 6.35. The number of carbonyl (C=O) groups excluding carboxylic acids is 2. The highest BCUT2D eigenvalue weighted by Gasteiger charge is 2.55. The van der Waals surface area contributed by atoms with Gasteiger partial charge in [0.05, 0.1) is 22.8 Å². The van der Waals surface area contributed by atoms with Gasteiger partial charge in [0, 0.05) is 10.6 Å². The molecule has 0 aromatic heterocycles. The monoisotopic (exact) mass is 388 g/mol. The Morgan fingerprint density at radius 1 is 1.12 bits per heavy atom. The van der Waals surface area contributed by atoms with E-state index >= 15 is 0 Å². The molecule has 5 nitrogen and oxygen atoms in total. The molecule has 2 aliphatic heterocycles. The molecule has 4 rings (SSSR count). The second-order valence-corrected chi connectivity index (χ2v) is 7.17. The van der Waals surface area contributed by atoms with Crippen molar-refractivity contribution in [2.75, 3.05) is 4.90 Å². The van der Waals surface area contributed by atoms with Crippen LogP contribution in [-0.2, 0) is 14.4 Å². The number of imide groups is 1. The fourth-order valence-electron chi connectivity index (χ4n) is 3.11. The zero-order valence-corrected chi connectivity index (χ0v) is 15.3. The van der Waals surface area contributed by atoms with Crippen molar-refractivity contribution >= 4 is 46.4 Å². The minimum atomic E-state index is -1.37. The Balaban J connectivity index is 1.69. The van der Waals surface area contributed by atoms with Gasteiger partial charge in [-0.05, 0) is 43.3 Å². The number of hydroxylamine groups is 1. The van der Waals surface area contributed by atoms with E-state index in [-0.39, 0.29) is 12.3 Å². The molecule has 2 heterocycles. The summed E-state index contributed by atoms with van der Waals surface area (Å²) in [6.07, 6.45) is 1.53. The van der Waals surface area contributed by atoms with Crippen LogP contribution in [0.15, 0.2) is 48.5 Å². The summed E-state index contributed by atoms with van der Waals surface area (Å²) in [5.74, 6) is -0.751. The van der Waals surface area contributed by atoms with Crippen LogP contribution in [0.25, 0.3) is 5.70 Å². The first-order valence-corrected chi connectivity index (χ1v) is 8.72. The van der Waals surface area contributed by atoms with Crippen molar-refractivity contribution in [3.05, 3.63) is 69.7 Å². The molecule has 1 atom stereocenters. The molecular formula is C19H14Cl2N2O3. The van der Waals surface area contributed by atoms with E-state index in [1.165, 1.54) is 0 Å². The topological polar surface area (TPSA) is 58.6 Å². The molecule has 7 heteroatoms. The Morgan fingerprint density at radius 3 is 2.54 bits per heavy atom. The van der Waals surface area contributed by atoms with Crippen LogP contribution in [0.3, 0.4) is 0 Å². The first kappa shape index (κ1) is 17.1. The number of hydrogen-bond donors (Lipinski definition) is 1. The first-order valence-electron chi connectivity index (χ1n) is 7.96. The average molecular weight is 389 g/mol. The molecule has 1 spiro atoms. The molecule has 132 valence electrons. The Hall–Kier alpha value is -2.34. The lowest BCUT2D eigenvalue weighted by atomic mass is 9.99. The number of carbonyl (C=O) groups is 2. The van der Waals surface area contributed by atoms with Crippen LogP contribution in [0.1, 0.15) is 17.5 Å². The standard InChI is InChI=1S/C19H14Cl2N2O3/c1-11-2-5-13(6-3-11)23-17(24)10-19(18(23)25)9-16(22-26-19)14-7-4-12(20)8-15(14)21/h2-9,22H,10H2,1H3/t19-/m0/s1. The molecule has 0 bridgehead atoms. The van der Waals surface area contributed by atoms with E-state index in [9.17, 15) is 9.59 Å². The Labute approximate surface area is 160 Å². The Kier molecular flexibility index (Phi) is 4.03. The summed E-state index contributed by atoms with van der Waals surface area (Å²) in [6, 6.07) is 12.2. The fourth-order valence-corrected chi connectivity index (χ4v) is 3.62. The van der Waals surface area contributed by atoms with E-state index < -0.39 is 11.5 Å². The van der Waals surface area contributed by atoms with Crippen LogP contribution in [-0.4, -0.2) is 17.4 Å². The molecule has 0 radical (unpaired) electrons. The van der Waals surface area contributed by atoms with Gasteiger partial charge in [-0.15, -0.1) is 0 Å². The van der Waals surface area contributed by atoms with E-state index in [1.54, 1.807) is 36.4 Å². The van der Waals surface area contributed by atoms with Crippen LogP contribution in [0.2, 0.25) is 10.0 Å². The van der Waals surface area contributed by atoms with Crippen LogP contribution in [0.4, 0.5) is 5.69 Å². The van der Waals surface area contributed by atoms with E-state index in [1.807, 2.05) is 19.1 Å². The van der Waals surface area contributed by atoms with Gasteiger partial charge in [0.15, 0.2) is 0 Å².